The summed E-state index contributed by atoms with van der Waals surface area (Å²) >= 11 is 1.29. The third-order valence-corrected chi connectivity index (χ3v) is 1.86. The Balaban J connectivity index is 2.19. The molecule has 60 valence electrons. The van der Waals surface area contributed by atoms with Crippen LogP contribution in [0.4, 0.5) is 0 Å². The summed E-state index contributed by atoms with van der Waals surface area (Å²) in [4.78, 5) is 12.1. The third kappa shape index (κ3) is 3.18. The fraction of sp³-hybridized carbons (Fsp3) is 0.500. The molecule has 0 saturated heterocycles. The second-order valence-corrected chi connectivity index (χ2v) is 3.24. The Bertz CT molecular complexity index is 222. The van der Waals surface area contributed by atoms with Gasteiger partial charge >= 0.3 is 0 Å². The Kier molecular flexibility index (Phi) is 3.10. The zero-order valence-electron chi connectivity index (χ0n) is 6.23. The average Bonchev–Trinajstić information content (AvgIpc) is 2.39. The van der Waals surface area contributed by atoms with Crippen molar-refractivity contribution in [2.45, 2.75) is 13.5 Å². The van der Waals surface area contributed by atoms with Crippen molar-refractivity contribution >= 4 is 16.9 Å². The van der Waals surface area contributed by atoms with Crippen molar-refractivity contribution in [2.75, 3.05) is 5.75 Å². The highest BCUT2D eigenvalue weighted by atomic mass is 32.2. The largest absolute Gasteiger partial charge is 0.288 e. The van der Waals surface area contributed by atoms with Crippen LogP contribution in [0.25, 0.3) is 0 Å². The van der Waals surface area contributed by atoms with Gasteiger partial charge in [0.25, 0.3) is 0 Å². The summed E-state index contributed by atoms with van der Waals surface area (Å²) in [6.45, 7) is 2.25. The number of aromatic nitrogens is 3. The number of thioether (sulfide) groups is 1. The van der Waals surface area contributed by atoms with Gasteiger partial charge in [0.15, 0.2) is 5.12 Å². The Hall–Kier alpha value is -0.840. The van der Waals surface area contributed by atoms with Crippen LogP contribution in [0.3, 0.4) is 0 Å². The lowest BCUT2D eigenvalue weighted by Crippen LogP contribution is -2.04. The van der Waals surface area contributed by atoms with Crippen LogP contribution in [-0.2, 0) is 11.3 Å². The van der Waals surface area contributed by atoms with Gasteiger partial charge in [0.05, 0.1) is 18.9 Å². The molecule has 0 aliphatic rings. The molecule has 1 heterocycles. The summed E-state index contributed by atoms with van der Waals surface area (Å²) in [7, 11) is 0. The average molecular weight is 171 g/mol. The second kappa shape index (κ2) is 4.12. The van der Waals surface area contributed by atoms with Crippen molar-refractivity contribution in [1.82, 2.24) is 15.0 Å². The molecule has 0 N–H and O–H groups in total. The normalized spacial score (nSPS) is 9.91. The maximum atomic E-state index is 10.5. The fourth-order valence-corrected chi connectivity index (χ4v) is 1.17. The second-order valence-electron chi connectivity index (χ2n) is 1.97. The molecule has 0 fully saturated rings. The van der Waals surface area contributed by atoms with Gasteiger partial charge in [-0.15, -0.1) is 0 Å². The molecule has 1 aromatic heterocycles. The van der Waals surface area contributed by atoms with E-state index in [1.807, 2.05) is 0 Å². The van der Waals surface area contributed by atoms with Gasteiger partial charge in [0.1, 0.15) is 0 Å². The summed E-state index contributed by atoms with van der Waals surface area (Å²) in [5.74, 6) is 0.740. The van der Waals surface area contributed by atoms with E-state index in [9.17, 15) is 4.79 Å². The number of nitrogens with zero attached hydrogens (tertiary/aromatic N) is 3. The summed E-state index contributed by atoms with van der Waals surface area (Å²) in [5.41, 5.74) is 0. The molecule has 0 unspecified atom stereocenters. The molecule has 0 aromatic carbocycles. The fourth-order valence-electron chi connectivity index (χ4n) is 0.630. The van der Waals surface area contributed by atoms with Crippen LogP contribution in [-0.4, -0.2) is 25.9 Å². The summed E-state index contributed by atoms with van der Waals surface area (Å²) in [5, 5.41) is 7.92. The molecule has 0 bridgehead atoms. The maximum absolute atomic E-state index is 10.5. The van der Waals surface area contributed by atoms with Crippen LogP contribution in [0.2, 0.25) is 0 Å². The minimum atomic E-state index is 0.136. The number of hydrogen-bond acceptors (Lipinski definition) is 4. The minimum Gasteiger partial charge on any atom is -0.288 e. The lowest BCUT2D eigenvalue weighted by Gasteiger charge is -1.95. The summed E-state index contributed by atoms with van der Waals surface area (Å²) in [6.07, 6.45) is 3.25. The molecular formula is C6H9N3OS. The predicted molar refractivity (Wildman–Crippen MR) is 43.2 cm³/mol. The molecule has 0 saturated carbocycles. The van der Waals surface area contributed by atoms with Gasteiger partial charge in [-0.3, -0.25) is 4.79 Å². The van der Waals surface area contributed by atoms with Crippen molar-refractivity contribution in [1.29, 1.82) is 0 Å². The molecule has 0 spiro atoms. The monoisotopic (exact) mass is 171 g/mol. The van der Waals surface area contributed by atoms with E-state index in [0.29, 0.717) is 6.54 Å². The highest BCUT2D eigenvalue weighted by Gasteiger charge is 1.95. The van der Waals surface area contributed by atoms with E-state index in [1.54, 1.807) is 24.1 Å². The Morgan fingerprint density at radius 1 is 1.55 bits per heavy atom. The first kappa shape index (κ1) is 8.26. The van der Waals surface area contributed by atoms with Gasteiger partial charge in [-0.1, -0.05) is 11.8 Å². The van der Waals surface area contributed by atoms with Crippen molar-refractivity contribution < 1.29 is 4.79 Å². The zero-order valence-corrected chi connectivity index (χ0v) is 7.04. The summed E-state index contributed by atoms with van der Waals surface area (Å²) < 4.78 is 0. The summed E-state index contributed by atoms with van der Waals surface area (Å²) in [6, 6.07) is 0. The highest BCUT2D eigenvalue weighted by molar-refractivity contribution is 8.13. The quantitative estimate of drug-likeness (QED) is 0.666. The molecule has 11 heavy (non-hydrogen) atoms. The number of hydrogen-bond donors (Lipinski definition) is 0. The standard InChI is InChI=1S/C6H9N3OS/c1-6(10)11-5-4-9-7-2-3-8-9/h2-3H,4-5H2,1H3. The van der Waals surface area contributed by atoms with Gasteiger partial charge in [-0.25, -0.2) is 0 Å². The first-order chi connectivity index (χ1) is 5.29. The van der Waals surface area contributed by atoms with E-state index in [1.165, 1.54) is 11.8 Å². The van der Waals surface area contributed by atoms with Crippen LogP contribution in [0.1, 0.15) is 6.92 Å². The van der Waals surface area contributed by atoms with Crippen molar-refractivity contribution in [3.8, 4) is 0 Å². The molecule has 0 aliphatic carbocycles. The topological polar surface area (TPSA) is 47.8 Å². The van der Waals surface area contributed by atoms with Gasteiger partial charge in [0, 0.05) is 12.7 Å². The minimum absolute atomic E-state index is 0.136. The van der Waals surface area contributed by atoms with Crippen molar-refractivity contribution in [3.05, 3.63) is 12.4 Å². The van der Waals surface area contributed by atoms with E-state index in [4.69, 9.17) is 0 Å². The first-order valence-electron chi connectivity index (χ1n) is 3.26. The number of carbonyl (C=O) groups is 1. The van der Waals surface area contributed by atoms with E-state index in [0.717, 1.165) is 5.75 Å². The Morgan fingerprint density at radius 3 is 2.73 bits per heavy atom. The number of rotatable bonds is 3. The molecule has 1 rings (SSSR count). The van der Waals surface area contributed by atoms with Gasteiger partial charge in [-0.05, 0) is 0 Å². The van der Waals surface area contributed by atoms with Crippen molar-refractivity contribution in [2.24, 2.45) is 0 Å². The van der Waals surface area contributed by atoms with Crippen LogP contribution < -0.4 is 0 Å². The lowest BCUT2D eigenvalue weighted by molar-refractivity contribution is -0.109. The lowest BCUT2D eigenvalue weighted by atomic mass is 10.8. The molecular weight excluding hydrogens is 162 g/mol. The van der Waals surface area contributed by atoms with Crippen LogP contribution in [0.15, 0.2) is 12.4 Å². The SMILES string of the molecule is CC(=O)SCCn1nccn1. The van der Waals surface area contributed by atoms with Crippen LogP contribution in [0.5, 0.6) is 0 Å². The highest BCUT2D eigenvalue weighted by Crippen LogP contribution is 2.00. The van der Waals surface area contributed by atoms with E-state index in [2.05, 4.69) is 10.2 Å². The molecule has 0 amide bonds. The smallest absolute Gasteiger partial charge is 0.185 e. The van der Waals surface area contributed by atoms with Crippen molar-refractivity contribution in [3.63, 3.8) is 0 Å². The molecule has 0 atom stereocenters. The molecule has 1 aromatic rings. The van der Waals surface area contributed by atoms with Gasteiger partial charge in [0.2, 0.25) is 0 Å². The van der Waals surface area contributed by atoms with Gasteiger partial charge < -0.3 is 0 Å². The molecule has 0 radical (unpaired) electrons. The first-order valence-corrected chi connectivity index (χ1v) is 4.25. The van der Waals surface area contributed by atoms with E-state index >= 15 is 0 Å². The molecule has 0 aliphatic heterocycles. The number of aryl methyl sites for hydroxylation is 1. The van der Waals surface area contributed by atoms with E-state index < -0.39 is 0 Å². The number of carbonyl (C=O) groups excluding carboxylic acids is 1. The van der Waals surface area contributed by atoms with E-state index in [-0.39, 0.29) is 5.12 Å². The molecule has 5 heteroatoms. The third-order valence-electron chi connectivity index (χ3n) is 1.06. The maximum Gasteiger partial charge on any atom is 0.185 e. The van der Waals surface area contributed by atoms with Gasteiger partial charge in [-0.2, -0.15) is 15.0 Å². The zero-order chi connectivity index (χ0) is 8.10. The predicted octanol–water partition coefficient (Wildman–Crippen LogP) is 0.558. The molecule has 4 nitrogen and oxygen atoms in total. The Morgan fingerprint density at radius 2 is 2.18 bits per heavy atom. The Labute approximate surface area is 69.0 Å². The van der Waals surface area contributed by atoms with Crippen LogP contribution in [0, 0.1) is 0 Å². The van der Waals surface area contributed by atoms with Crippen LogP contribution >= 0.6 is 11.8 Å².